The predicted octanol–water partition coefficient (Wildman–Crippen LogP) is 3.12. The van der Waals surface area contributed by atoms with Crippen LogP contribution < -0.4 is 4.74 Å². The first-order chi connectivity index (χ1) is 9.06. The van der Waals surface area contributed by atoms with Crippen LogP contribution in [0, 0.1) is 5.82 Å². The molecule has 0 saturated heterocycles. The molecule has 0 saturated carbocycles. The Morgan fingerprint density at radius 3 is 2.79 bits per heavy atom. The molecule has 0 amide bonds. The van der Waals surface area contributed by atoms with E-state index in [0.29, 0.717) is 22.3 Å². The number of carboxylic acid groups (broad SMARTS) is 1. The highest BCUT2D eigenvalue weighted by molar-refractivity contribution is 9.08. The summed E-state index contributed by atoms with van der Waals surface area (Å²) in [6, 6.07) is 5.86. The van der Waals surface area contributed by atoms with E-state index in [9.17, 15) is 9.18 Å². The third kappa shape index (κ3) is 2.60. The molecule has 5 nitrogen and oxygen atoms in total. The average Bonchev–Trinajstić information content (AvgIpc) is 2.83. The van der Waals surface area contributed by atoms with E-state index in [1.165, 1.54) is 25.3 Å². The van der Waals surface area contributed by atoms with Crippen LogP contribution in [0.3, 0.4) is 0 Å². The van der Waals surface area contributed by atoms with Crippen LogP contribution in [0.25, 0.3) is 11.3 Å². The fourth-order valence-corrected chi connectivity index (χ4v) is 2.04. The molecular formula is C12H10BrFN2O3. The van der Waals surface area contributed by atoms with Crippen molar-refractivity contribution in [3.8, 4) is 17.0 Å². The molecule has 100 valence electrons. The van der Waals surface area contributed by atoms with Crippen molar-refractivity contribution >= 4 is 22.0 Å². The standard InChI is InChI=1S/C12H10BrFN2O3/c1-19-11-4-7(2-3-9(11)14)10-5-8(6-13)16(15-10)12(17)18/h2-5H,6H2,1H3,(H,17,18). The van der Waals surface area contributed by atoms with Crippen LogP contribution in [0.2, 0.25) is 0 Å². The minimum Gasteiger partial charge on any atom is -0.494 e. The highest BCUT2D eigenvalue weighted by Crippen LogP contribution is 2.26. The molecule has 0 atom stereocenters. The number of rotatable bonds is 3. The van der Waals surface area contributed by atoms with Gasteiger partial charge >= 0.3 is 6.09 Å². The van der Waals surface area contributed by atoms with Gasteiger partial charge in [0.05, 0.1) is 18.5 Å². The zero-order valence-electron chi connectivity index (χ0n) is 9.93. The van der Waals surface area contributed by atoms with Gasteiger partial charge in [0.25, 0.3) is 0 Å². The van der Waals surface area contributed by atoms with E-state index in [0.717, 1.165) is 4.68 Å². The maximum absolute atomic E-state index is 13.3. The predicted molar refractivity (Wildman–Crippen MR) is 70.2 cm³/mol. The molecule has 1 aromatic carbocycles. The Labute approximate surface area is 116 Å². The van der Waals surface area contributed by atoms with Crippen molar-refractivity contribution in [2.75, 3.05) is 7.11 Å². The Kier molecular flexibility index (Phi) is 3.84. The third-order valence-electron chi connectivity index (χ3n) is 2.55. The largest absolute Gasteiger partial charge is 0.494 e. The number of alkyl halides is 1. The molecule has 1 heterocycles. The normalized spacial score (nSPS) is 10.5. The number of hydrogen-bond acceptors (Lipinski definition) is 3. The summed E-state index contributed by atoms with van der Waals surface area (Å²) in [5.74, 6) is -0.396. The molecule has 1 N–H and O–H groups in total. The average molecular weight is 329 g/mol. The molecule has 0 bridgehead atoms. The van der Waals surface area contributed by atoms with Crippen molar-refractivity contribution in [3.63, 3.8) is 0 Å². The molecule has 7 heteroatoms. The summed E-state index contributed by atoms with van der Waals surface area (Å²) in [6.07, 6.45) is -1.17. The highest BCUT2D eigenvalue weighted by Gasteiger charge is 2.14. The van der Waals surface area contributed by atoms with Crippen molar-refractivity contribution in [2.45, 2.75) is 5.33 Å². The zero-order chi connectivity index (χ0) is 14.0. The van der Waals surface area contributed by atoms with E-state index in [2.05, 4.69) is 21.0 Å². The van der Waals surface area contributed by atoms with Crippen molar-refractivity contribution in [3.05, 3.63) is 35.8 Å². The number of hydrogen-bond donors (Lipinski definition) is 1. The summed E-state index contributed by atoms with van der Waals surface area (Å²) in [4.78, 5) is 11.0. The van der Waals surface area contributed by atoms with E-state index >= 15 is 0 Å². The lowest BCUT2D eigenvalue weighted by Crippen LogP contribution is -2.12. The second-order valence-corrected chi connectivity index (χ2v) is 4.26. The smallest absolute Gasteiger partial charge is 0.432 e. The minimum atomic E-state index is -1.17. The molecule has 2 aromatic rings. The van der Waals surface area contributed by atoms with E-state index in [1.807, 2.05) is 0 Å². The van der Waals surface area contributed by atoms with Crippen LogP contribution in [0.5, 0.6) is 5.75 Å². The van der Waals surface area contributed by atoms with Gasteiger partial charge in [-0.2, -0.15) is 9.78 Å². The Morgan fingerprint density at radius 2 is 2.26 bits per heavy atom. The summed E-state index contributed by atoms with van der Waals surface area (Å²) in [6.45, 7) is 0. The molecule has 0 unspecified atom stereocenters. The molecule has 0 fully saturated rings. The van der Waals surface area contributed by atoms with Crippen LogP contribution in [-0.2, 0) is 5.33 Å². The van der Waals surface area contributed by atoms with Gasteiger partial charge in [0.1, 0.15) is 0 Å². The van der Waals surface area contributed by atoms with Crippen LogP contribution in [0.1, 0.15) is 5.69 Å². The van der Waals surface area contributed by atoms with Gasteiger partial charge in [-0.25, -0.2) is 9.18 Å². The lowest BCUT2D eigenvalue weighted by Gasteiger charge is -2.03. The lowest BCUT2D eigenvalue weighted by molar-refractivity contribution is 0.192. The molecule has 0 aliphatic rings. The Morgan fingerprint density at radius 1 is 1.53 bits per heavy atom. The monoisotopic (exact) mass is 328 g/mol. The molecule has 2 rings (SSSR count). The van der Waals surface area contributed by atoms with Gasteiger partial charge in [-0.15, -0.1) is 0 Å². The number of nitrogens with zero attached hydrogens (tertiary/aromatic N) is 2. The van der Waals surface area contributed by atoms with Gasteiger partial charge in [-0.05, 0) is 24.3 Å². The third-order valence-corrected chi connectivity index (χ3v) is 3.12. The van der Waals surface area contributed by atoms with E-state index < -0.39 is 11.9 Å². The molecule has 0 radical (unpaired) electrons. The van der Waals surface area contributed by atoms with Gasteiger partial charge in [0.15, 0.2) is 11.6 Å². The second kappa shape index (κ2) is 5.40. The van der Waals surface area contributed by atoms with E-state index in [-0.39, 0.29) is 5.75 Å². The van der Waals surface area contributed by atoms with Crippen LogP contribution in [0.4, 0.5) is 9.18 Å². The first kappa shape index (κ1) is 13.5. The zero-order valence-corrected chi connectivity index (χ0v) is 11.5. The summed E-state index contributed by atoms with van der Waals surface area (Å²) < 4.78 is 19.1. The number of methoxy groups -OCH3 is 1. The summed E-state index contributed by atoms with van der Waals surface area (Å²) in [7, 11) is 1.36. The topological polar surface area (TPSA) is 64.3 Å². The first-order valence-corrected chi connectivity index (χ1v) is 6.41. The van der Waals surface area contributed by atoms with E-state index in [4.69, 9.17) is 9.84 Å². The molecule has 1 aromatic heterocycles. The number of carbonyl (C=O) groups is 1. The molecule has 0 aliphatic heterocycles. The van der Waals surface area contributed by atoms with Crippen LogP contribution in [-0.4, -0.2) is 28.1 Å². The summed E-state index contributed by atoms with van der Waals surface area (Å²) in [5.41, 5.74) is 1.52. The number of halogens is 2. The maximum Gasteiger partial charge on any atom is 0.432 e. The Bertz CT molecular complexity index is 627. The van der Waals surface area contributed by atoms with Crippen molar-refractivity contribution < 1.29 is 19.0 Å². The summed E-state index contributed by atoms with van der Waals surface area (Å²) in [5, 5.41) is 13.3. The number of aromatic nitrogens is 2. The minimum absolute atomic E-state index is 0.0859. The molecule has 0 spiro atoms. The quantitative estimate of drug-likeness (QED) is 0.879. The van der Waals surface area contributed by atoms with Gasteiger partial charge < -0.3 is 9.84 Å². The fraction of sp³-hybridized carbons (Fsp3) is 0.167. The molecule has 19 heavy (non-hydrogen) atoms. The molecule has 0 aliphatic carbocycles. The Balaban J connectivity index is 2.50. The molecular weight excluding hydrogens is 319 g/mol. The van der Waals surface area contributed by atoms with Crippen LogP contribution in [0.15, 0.2) is 24.3 Å². The first-order valence-electron chi connectivity index (χ1n) is 5.29. The SMILES string of the molecule is COc1cc(-c2cc(CBr)n(C(=O)O)n2)ccc1F. The van der Waals surface area contributed by atoms with Gasteiger partial charge in [0, 0.05) is 10.9 Å². The van der Waals surface area contributed by atoms with Gasteiger partial charge in [-0.1, -0.05) is 15.9 Å². The fourth-order valence-electron chi connectivity index (χ4n) is 1.64. The van der Waals surface area contributed by atoms with Crippen molar-refractivity contribution in [2.24, 2.45) is 0 Å². The number of ether oxygens (including phenoxy) is 1. The Hall–Kier alpha value is -1.89. The van der Waals surface area contributed by atoms with Crippen LogP contribution >= 0.6 is 15.9 Å². The van der Waals surface area contributed by atoms with Gasteiger partial charge in [-0.3, -0.25) is 0 Å². The summed E-state index contributed by atoms with van der Waals surface area (Å²) >= 11 is 3.19. The maximum atomic E-state index is 13.3. The highest BCUT2D eigenvalue weighted by atomic mass is 79.9. The lowest BCUT2D eigenvalue weighted by atomic mass is 10.1. The number of benzene rings is 1. The van der Waals surface area contributed by atoms with Crippen molar-refractivity contribution in [1.82, 2.24) is 9.78 Å². The second-order valence-electron chi connectivity index (χ2n) is 3.70. The van der Waals surface area contributed by atoms with Crippen molar-refractivity contribution in [1.29, 1.82) is 0 Å². The van der Waals surface area contributed by atoms with E-state index in [1.54, 1.807) is 6.07 Å². The van der Waals surface area contributed by atoms with Gasteiger partial charge in [0.2, 0.25) is 0 Å².